The van der Waals surface area contributed by atoms with Gasteiger partial charge in [-0.1, -0.05) is 30.7 Å². The van der Waals surface area contributed by atoms with Crippen molar-refractivity contribution in [1.82, 2.24) is 9.55 Å². The Morgan fingerprint density at radius 1 is 1.06 bits per heavy atom. The number of fused-ring (bicyclic) bond motifs is 1. The van der Waals surface area contributed by atoms with E-state index in [0.717, 1.165) is 28.7 Å². The van der Waals surface area contributed by atoms with Crippen LogP contribution in [0.4, 0.5) is 4.39 Å². The van der Waals surface area contributed by atoms with Gasteiger partial charge in [0.05, 0.1) is 11.9 Å². The standard InChI is InChI=1S/C26H25FN2O2S/c1-5-6-23-28-25-24(20(14-32-25)19-9-7-15(2)11-16(19)3)26(31)29(23)13-22(30)18-8-10-21(27)17(4)12-18/h7-12,14H,5-6,13H2,1-4H3. The zero-order valence-corrected chi connectivity index (χ0v) is 19.5. The molecule has 0 aliphatic carbocycles. The number of carbonyl (C=O) groups excluding carboxylic acids is 1. The molecule has 0 unspecified atom stereocenters. The van der Waals surface area contributed by atoms with E-state index >= 15 is 0 Å². The predicted molar refractivity (Wildman–Crippen MR) is 128 cm³/mol. The van der Waals surface area contributed by atoms with E-state index in [9.17, 15) is 14.0 Å². The van der Waals surface area contributed by atoms with Crippen molar-refractivity contribution in [3.05, 3.63) is 86.0 Å². The van der Waals surface area contributed by atoms with Gasteiger partial charge in [-0.2, -0.15) is 0 Å². The summed E-state index contributed by atoms with van der Waals surface area (Å²) in [6.07, 6.45) is 1.40. The molecular weight excluding hydrogens is 423 g/mol. The Balaban J connectivity index is 1.86. The number of ketones is 1. The summed E-state index contributed by atoms with van der Waals surface area (Å²) in [6, 6.07) is 10.4. The van der Waals surface area contributed by atoms with Crippen LogP contribution in [0.25, 0.3) is 21.3 Å². The van der Waals surface area contributed by atoms with Gasteiger partial charge < -0.3 is 0 Å². The van der Waals surface area contributed by atoms with Gasteiger partial charge >= 0.3 is 0 Å². The van der Waals surface area contributed by atoms with Gasteiger partial charge in [0, 0.05) is 22.9 Å². The van der Waals surface area contributed by atoms with E-state index in [2.05, 4.69) is 6.07 Å². The highest BCUT2D eigenvalue weighted by molar-refractivity contribution is 7.17. The molecule has 4 aromatic rings. The van der Waals surface area contributed by atoms with Crippen molar-refractivity contribution >= 4 is 27.3 Å². The topological polar surface area (TPSA) is 52.0 Å². The Hall–Kier alpha value is -3.12. The lowest BCUT2D eigenvalue weighted by atomic mass is 9.99. The van der Waals surface area contributed by atoms with Gasteiger partial charge in [-0.3, -0.25) is 14.2 Å². The first-order valence-corrected chi connectivity index (χ1v) is 11.6. The minimum Gasteiger partial charge on any atom is -0.292 e. The Labute approximate surface area is 190 Å². The molecule has 0 amide bonds. The van der Waals surface area contributed by atoms with Gasteiger partial charge in [-0.25, -0.2) is 9.37 Å². The molecule has 0 aliphatic rings. The zero-order valence-electron chi connectivity index (χ0n) is 18.7. The summed E-state index contributed by atoms with van der Waals surface area (Å²) in [5.74, 6) is 0.00747. The number of aryl methyl sites for hydroxylation is 4. The monoisotopic (exact) mass is 448 g/mol. The van der Waals surface area contributed by atoms with E-state index in [-0.39, 0.29) is 23.7 Å². The van der Waals surface area contributed by atoms with E-state index in [1.165, 1.54) is 34.1 Å². The first-order chi connectivity index (χ1) is 15.3. The fourth-order valence-corrected chi connectivity index (χ4v) is 4.96. The molecule has 32 heavy (non-hydrogen) atoms. The van der Waals surface area contributed by atoms with Gasteiger partial charge in [0.1, 0.15) is 16.5 Å². The number of hydrogen-bond acceptors (Lipinski definition) is 4. The number of nitrogens with zero attached hydrogens (tertiary/aromatic N) is 2. The molecule has 2 heterocycles. The highest BCUT2D eigenvalue weighted by atomic mass is 32.1. The SMILES string of the molecule is CCCc1nc2scc(-c3ccc(C)cc3C)c2c(=O)n1CC(=O)c1ccc(F)c(C)c1. The van der Waals surface area contributed by atoms with Crippen LogP contribution in [0.2, 0.25) is 0 Å². The lowest BCUT2D eigenvalue weighted by molar-refractivity contribution is 0.0969. The van der Waals surface area contributed by atoms with Gasteiger partial charge in [-0.15, -0.1) is 11.3 Å². The largest absolute Gasteiger partial charge is 0.292 e. The molecule has 0 bridgehead atoms. The van der Waals surface area contributed by atoms with E-state index in [1.807, 2.05) is 38.3 Å². The normalized spacial score (nSPS) is 11.3. The van der Waals surface area contributed by atoms with Crippen LogP contribution < -0.4 is 5.56 Å². The third-order valence-corrected chi connectivity index (χ3v) is 6.57. The highest BCUT2D eigenvalue weighted by Crippen LogP contribution is 2.33. The fraction of sp³-hybridized carbons (Fsp3) is 0.269. The van der Waals surface area contributed by atoms with Crippen LogP contribution in [0.1, 0.15) is 46.2 Å². The number of halogens is 1. The molecule has 2 aromatic carbocycles. The van der Waals surface area contributed by atoms with Gasteiger partial charge in [0.15, 0.2) is 5.78 Å². The van der Waals surface area contributed by atoms with Crippen molar-refractivity contribution < 1.29 is 9.18 Å². The van der Waals surface area contributed by atoms with Gasteiger partial charge in [0.25, 0.3) is 5.56 Å². The average Bonchev–Trinajstić information content (AvgIpc) is 3.16. The molecule has 164 valence electrons. The quantitative estimate of drug-likeness (QED) is 0.339. The Morgan fingerprint density at radius 3 is 2.53 bits per heavy atom. The summed E-state index contributed by atoms with van der Waals surface area (Å²) in [5, 5.41) is 2.52. The molecule has 0 spiro atoms. The van der Waals surface area contributed by atoms with Gasteiger partial charge in [0.2, 0.25) is 0 Å². The third kappa shape index (κ3) is 4.02. The molecule has 0 aliphatic heterocycles. The van der Waals surface area contributed by atoms with E-state index in [0.29, 0.717) is 33.6 Å². The number of benzene rings is 2. The minimum atomic E-state index is -0.357. The highest BCUT2D eigenvalue weighted by Gasteiger charge is 2.20. The van der Waals surface area contributed by atoms with Crippen LogP contribution in [0.5, 0.6) is 0 Å². The van der Waals surface area contributed by atoms with Crippen molar-refractivity contribution in [3.63, 3.8) is 0 Å². The molecule has 0 saturated heterocycles. The lowest BCUT2D eigenvalue weighted by Crippen LogP contribution is -2.28. The smallest absolute Gasteiger partial charge is 0.263 e. The van der Waals surface area contributed by atoms with Crippen molar-refractivity contribution in [3.8, 4) is 11.1 Å². The molecule has 0 saturated carbocycles. The summed E-state index contributed by atoms with van der Waals surface area (Å²) in [7, 11) is 0. The first kappa shape index (κ1) is 22.1. The van der Waals surface area contributed by atoms with Crippen LogP contribution in [0, 0.1) is 26.6 Å². The molecular formula is C26H25FN2O2S. The second-order valence-electron chi connectivity index (χ2n) is 8.20. The third-order valence-electron chi connectivity index (χ3n) is 5.70. The second-order valence-corrected chi connectivity index (χ2v) is 9.06. The number of Topliss-reactive ketones (excluding diaryl/α,β-unsaturated/α-hetero) is 1. The van der Waals surface area contributed by atoms with Crippen molar-refractivity contribution in [1.29, 1.82) is 0 Å². The number of carbonyl (C=O) groups is 1. The summed E-state index contributed by atoms with van der Waals surface area (Å²) < 4.78 is 15.1. The fourth-order valence-electron chi connectivity index (χ4n) is 4.01. The Morgan fingerprint density at radius 2 is 1.84 bits per heavy atom. The Bertz CT molecular complexity index is 1400. The van der Waals surface area contributed by atoms with E-state index in [4.69, 9.17) is 4.98 Å². The van der Waals surface area contributed by atoms with Crippen LogP contribution in [0.3, 0.4) is 0 Å². The van der Waals surface area contributed by atoms with Crippen LogP contribution in [0.15, 0.2) is 46.6 Å². The lowest BCUT2D eigenvalue weighted by Gasteiger charge is -2.13. The maximum absolute atomic E-state index is 13.7. The van der Waals surface area contributed by atoms with Crippen LogP contribution in [-0.2, 0) is 13.0 Å². The maximum atomic E-state index is 13.7. The summed E-state index contributed by atoms with van der Waals surface area (Å²) in [6.45, 7) is 7.59. The number of rotatable bonds is 6. The molecule has 0 fully saturated rings. The summed E-state index contributed by atoms with van der Waals surface area (Å²) in [5.41, 5.74) is 4.68. The summed E-state index contributed by atoms with van der Waals surface area (Å²) in [4.78, 5) is 32.1. The first-order valence-electron chi connectivity index (χ1n) is 10.7. The molecule has 0 N–H and O–H groups in total. The van der Waals surface area contributed by atoms with Crippen LogP contribution >= 0.6 is 11.3 Å². The molecule has 0 radical (unpaired) electrons. The van der Waals surface area contributed by atoms with Crippen molar-refractivity contribution in [2.45, 2.75) is 47.1 Å². The molecule has 2 aromatic heterocycles. The molecule has 6 heteroatoms. The predicted octanol–water partition coefficient (Wildman–Crippen LogP) is 6.02. The molecule has 4 rings (SSSR count). The number of aromatic nitrogens is 2. The van der Waals surface area contributed by atoms with Crippen LogP contribution in [-0.4, -0.2) is 15.3 Å². The summed E-state index contributed by atoms with van der Waals surface area (Å²) >= 11 is 1.45. The molecule has 4 nitrogen and oxygen atoms in total. The zero-order chi connectivity index (χ0) is 23.0. The van der Waals surface area contributed by atoms with Crippen molar-refractivity contribution in [2.24, 2.45) is 0 Å². The van der Waals surface area contributed by atoms with Crippen molar-refractivity contribution in [2.75, 3.05) is 0 Å². The Kier molecular flexibility index (Phi) is 6.07. The van der Waals surface area contributed by atoms with E-state index < -0.39 is 0 Å². The number of thiophene rings is 1. The minimum absolute atomic E-state index is 0.121. The van der Waals surface area contributed by atoms with Gasteiger partial charge in [-0.05, 0) is 62.1 Å². The van der Waals surface area contributed by atoms with E-state index in [1.54, 1.807) is 6.92 Å². The molecule has 0 atom stereocenters. The number of hydrogen-bond donors (Lipinski definition) is 0. The average molecular weight is 449 g/mol. The second kappa shape index (κ2) is 8.79. The maximum Gasteiger partial charge on any atom is 0.263 e.